The molecule has 0 aromatic heterocycles. The maximum absolute atomic E-state index is 10.5. The van der Waals surface area contributed by atoms with Gasteiger partial charge in [0.2, 0.25) is 0 Å². The minimum absolute atomic E-state index is 0.479. The van der Waals surface area contributed by atoms with Gasteiger partial charge in [0.25, 0.3) is 0 Å². The molecule has 2 fully saturated rings. The number of hydrogen-bond acceptors (Lipinski definition) is 3. The van der Waals surface area contributed by atoms with Crippen molar-refractivity contribution in [2.75, 3.05) is 33.2 Å². The van der Waals surface area contributed by atoms with Crippen LogP contribution in [0.15, 0.2) is 0 Å². The highest BCUT2D eigenvalue weighted by atomic mass is 16.3. The third kappa shape index (κ3) is 2.10. The zero-order chi connectivity index (χ0) is 10.0. The van der Waals surface area contributed by atoms with Crippen LogP contribution in [0.25, 0.3) is 0 Å². The van der Waals surface area contributed by atoms with E-state index in [2.05, 4.69) is 16.8 Å². The van der Waals surface area contributed by atoms with Crippen molar-refractivity contribution in [1.29, 1.82) is 0 Å². The molecular formula is C11H22N2O. The largest absolute Gasteiger partial charge is 0.376 e. The minimum atomic E-state index is -0.479. The molecular weight excluding hydrogens is 176 g/mol. The van der Waals surface area contributed by atoms with Gasteiger partial charge >= 0.3 is 0 Å². The monoisotopic (exact) mass is 198 g/mol. The van der Waals surface area contributed by atoms with Crippen LogP contribution in [0.3, 0.4) is 0 Å². The molecule has 2 aliphatic heterocycles. The van der Waals surface area contributed by atoms with E-state index in [0.717, 1.165) is 39.0 Å². The molecule has 2 saturated heterocycles. The molecule has 2 heterocycles. The Kier molecular flexibility index (Phi) is 3.10. The molecule has 0 radical (unpaired) electrons. The molecule has 3 nitrogen and oxygen atoms in total. The Balaban J connectivity index is 1.93. The molecule has 0 aromatic rings. The molecule has 3 heteroatoms. The predicted octanol–water partition coefficient (Wildman–Crippen LogP) is 0.886. The Morgan fingerprint density at radius 2 is 1.50 bits per heavy atom. The van der Waals surface area contributed by atoms with Crippen molar-refractivity contribution in [3.8, 4) is 0 Å². The van der Waals surface area contributed by atoms with Crippen LogP contribution in [-0.4, -0.2) is 53.9 Å². The second-order valence-corrected chi connectivity index (χ2v) is 4.83. The van der Waals surface area contributed by atoms with Gasteiger partial charge in [-0.05, 0) is 19.9 Å². The summed E-state index contributed by atoms with van der Waals surface area (Å²) in [5, 5.41) is 10.5. The molecule has 0 bridgehead atoms. The fraction of sp³-hybridized carbons (Fsp3) is 1.00. The van der Waals surface area contributed by atoms with Crippen LogP contribution in [0.1, 0.15) is 32.1 Å². The second kappa shape index (κ2) is 4.17. The van der Waals surface area contributed by atoms with Gasteiger partial charge in [-0.3, -0.25) is 4.90 Å². The molecule has 0 atom stereocenters. The van der Waals surface area contributed by atoms with E-state index in [-0.39, 0.29) is 0 Å². The Labute approximate surface area is 86.7 Å². The van der Waals surface area contributed by atoms with Gasteiger partial charge in [0.05, 0.1) is 0 Å². The van der Waals surface area contributed by atoms with E-state index in [4.69, 9.17) is 0 Å². The molecule has 0 aliphatic carbocycles. The van der Waals surface area contributed by atoms with E-state index in [1.54, 1.807) is 0 Å². The summed E-state index contributed by atoms with van der Waals surface area (Å²) < 4.78 is 0. The van der Waals surface area contributed by atoms with Crippen molar-refractivity contribution in [2.45, 2.75) is 37.8 Å². The van der Waals surface area contributed by atoms with Crippen molar-refractivity contribution in [1.82, 2.24) is 9.80 Å². The van der Waals surface area contributed by atoms with E-state index in [9.17, 15) is 5.11 Å². The topological polar surface area (TPSA) is 26.7 Å². The molecule has 2 rings (SSSR count). The van der Waals surface area contributed by atoms with Crippen LogP contribution < -0.4 is 0 Å². The van der Waals surface area contributed by atoms with Gasteiger partial charge in [-0.2, -0.15) is 0 Å². The predicted molar refractivity (Wildman–Crippen MR) is 57.1 cm³/mol. The number of hydrogen-bond donors (Lipinski definition) is 1. The minimum Gasteiger partial charge on any atom is -0.376 e. The summed E-state index contributed by atoms with van der Waals surface area (Å²) in [4.78, 5) is 4.61. The third-order valence-electron chi connectivity index (χ3n) is 3.73. The first-order valence-corrected chi connectivity index (χ1v) is 5.87. The Hall–Kier alpha value is -0.120. The van der Waals surface area contributed by atoms with Crippen molar-refractivity contribution >= 4 is 0 Å². The summed E-state index contributed by atoms with van der Waals surface area (Å²) in [6, 6.07) is 0. The van der Waals surface area contributed by atoms with Gasteiger partial charge in [0.15, 0.2) is 0 Å². The van der Waals surface area contributed by atoms with Gasteiger partial charge in [-0.1, -0.05) is 6.42 Å². The van der Waals surface area contributed by atoms with E-state index >= 15 is 0 Å². The van der Waals surface area contributed by atoms with Gasteiger partial charge in [0, 0.05) is 39.0 Å². The van der Waals surface area contributed by atoms with Crippen LogP contribution in [0.5, 0.6) is 0 Å². The van der Waals surface area contributed by atoms with Crippen LogP contribution in [0.4, 0.5) is 0 Å². The normalized spacial score (nSPS) is 30.4. The summed E-state index contributed by atoms with van der Waals surface area (Å²) in [5.41, 5.74) is -0.479. The third-order valence-corrected chi connectivity index (χ3v) is 3.73. The van der Waals surface area contributed by atoms with Crippen LogP contribution >= 0.6 is 0 Å². The zero-order valence-corrected chi connectivity index (χ0v) is 9.21. The maximum atomic E-state index is 10.5. The lowest BCUT2D eigenvalue weighted by Crippen LogP contribution is -2.56. The Bertz CT molecular complexity index is 182. The van der Waals surface area contributed by atoms with E-state index in [1.807, 2.05) is 0 Å². The molecule has 0 spiro atoms. The fourth-order valence-corrected chi connectivity index (χ4v) is 2.60. The first kappa shape index (κ1) is 10.4. The van der Waals surface area contributed by atoms with Gasteiger partial charge in [-0.15, -0.1) is 0 Å². The SMILES string of the molecule is CN1CCC(O)(N2CCCCC2)CC1. The summed E-state index contributed by atoms with van der Waals surface area (Å²) in [6.07, 6.45) is 5.70. The van der Waals surface area contributed by atoms with Crippen molar-refractivity contribution in [3.05, 3.63) is 0 Å². The summed E-state index contributed by atoms with van der Waals surface area (Å²) in [6.45, 7) is 4.26. The molecule has 0 amide bonds. The second-order valence-electron chi connectivity index (χ2n) is 4.83. The zero-order valence-electron chi connectivity index (χ0n) is 9.21. The van der Waals surface area contributed by atoms with E-state index in [1.165, 1.54) is 19.3 Å². The van der Waals surface area contributed by atoms with E-state index in [0.29, 0.717) is 0 Å². The molecule has 1 N–H and O–H groups in total. The summed E-state index contributed by atoms with van der Waals surface area (Å²) in [5.74, 6) is 0. The quantitative estimate of drug-likeness (QED) is 0.678. The standard InChI is InChI=1S/C11H22N2O/c1-12-9-5-11(14,6-10-12)13-7-3-2-4-8-13/h14H,2-10H2,1H3. The van der Waals surface area contributed by atoms with Gasteiger partial charge < -0.3 is 10.0 Å². The Morgan fingerprint density at radius 1 is 0.929 bits per heavy atom. The fourth-order valence-electron chi connectivity index (χ4n) is 2.60. The van der Waals surface area contributed by atoms with Crippen LogP contribution in [0.2, 0.25) is 0 Å². The van der Waals surface area contributed by atoms with Crippen molar-refractivity contribution in [3.63, 3.8) is 0 Å². The van der Waals surface area contributed by atoms with Gasteiger partial charge in [-0.25, -0.2) is 0 Å². The van der Waals surface area contributed by atoms with Crippen LogP contribution in [-0.2, 0) is 0 Å². The molecule has 0 saturated carbocycles. The number of piperidine rings is 2. The van der Waals surface area contributed by atoms with Crippen LogP contribution in [0, 0.1) is 0 Å². The lowest BCUT2D eigenvalue weighted by atomic mass is 9.96. The lowest BCUT2D eigenvalue weighted by Gasteiger charge is -2.46. The number of likely N-dealkylation sites (tertiary alicyclic amines) is 2. The maximum Gasteiger partial charge on any atom is 0.120 e. The number of aliphatic hydroxyl groups is 1. The molecule has 82 valence electrons. The molecule has 2 aliphatic rings. The summed E-state index contributed by atoms with van der Waals surface area (Å²) in [7, 11) is 2.13. The average molecular weight is 198 g/mol. The van der Waals surface area contributed by atoms with E-state index < -0.39 is 5.72 Å². The smallest absolute Gasteiger partial charge is 0.120 e. The molecule has 0 aromatic carbocycles. The number of nitrogens with zero attached hydrogens (tertiary/aromatic N) is 2. The highest BCUT2D eigenvalue weighted by Gasteiger charge is 2.37. The molecule has 0 unspecified atom stereocenters. The summed E-state index contributed by atoms with van der Waals surface area (Å²) >= 11 is 0. The first-order chi connectivity index (χ1) is 6.71. The Morgan fingerprint density at radius 3 is 2.07 bits per heavy atom. The highest BCUT2D eigenvalue weighted by Crippen LogP contribution is 2.28. The first-order valence-electron chi connectivity index (χ1n) is 5.87. The van der Waals surface area contributed by atoms with Gasteiger partial charge in [0.1, 0.15) is 5.72 Å². The lowest BCUT2D eigenvalue weighted by molar-refractivity contribution is -0.146. The highest BCUT2D eigenvalue weighted by molar-refractivity contribution is 4.86. The van der Waals surface area contributed by atoms with Crippen molar-refractivity contribution < 1.29 is 5.11 Å². The van der Waals surface area contributed by atoms with Crippen molar-refractivity contribution in [2.24, 2.45) is 0 Å². The average Bonchev–Trinajstić information content (AvgIpc) is 2.24. The number of rotatable bonds is 1. The molecule has 14 heavy (non-hydrogen) atoms.